The van der Waals surface area contributed by atoms with Gasteiger partial charge in [0.25, 0.3) is 0 Å². The van der Waals surface area contributed by atoms with Crippen LogP contribution in [0.3, 0.4) is 0 Å². The van der Waals surface area contributed by atoms with Crippen LogP contribution in [0.15, 0.2) is 30.3 Å². The molecule has 2 fully saturated rings. The summed E-state index contributed by atoms with van der Waals surface area (Å²) in [5, 5.41) is 2.69. The molecule has 1 spiro atoms. The second kappa shape index (κ2) is 4.70. The molecule has 6 nitrogen and oxygen atoms in total. The minimum Gasteiger partial charge on any atom is -0.445 e. The molecular formula is C14H16N2O4. The number of hydrogen-bond acceptors (Lipinski definition) is 4. The third-order valence-corrected chi connectivity index (χ3v) is 3.80. The number of carbonyl (C=O) groups is 2. The van der Waals surface area contributed by atoms with Gasteiger partial charge in [-0.2, -0.15) is 0 Å². The minimum absolute atomic E-state index is 0.0897. The van der Waals surface area contributed by atoms with Gasteiger partial charge in [-0.15, -0.1) is 0 Å². The lowest BCUT2D eigenvalue weighted by atomic mass is 9.88. The Kier molecular flexibility index (Phi) is 3.00. The van der Waals surface area contributed by atoms with Gasteiger partial charge >= 0.3 is 12.2 Å². The second-order valence-corrected chi connectivity index (χ2v) is 5.22. The first-order valence-corrected chi connectivity index (χ1v) is 6.54. The summed E-state index contributed by atoms with van der Waals surface area (Å²) < 4.78 is 10.5. The maximum Gasteiger partial charge on any atom is 0.410 e. The molecule has 2 aliphatic heterocycles. The van der Waals surface area contributed by atoms with Crippen LogP contribution in [0.2, 0.25) is 0 Å². The van der Waals surface area contributed by atoms with E-state index in [1.165, 1.54) is 0 Å². The lowest BCUT2D eigenvalue weighted by Crippen LogP contribution is -2.68. The van der Waals surface area contributed by atoms with Crippen molar-refractivity contribution >= 4 is 12.2 Å². The molecular weight excluding hydrogens is 260 g/mol. The lowest BCUT2D eigenvalue weighted by Gasteiger charge is -2.46. The van der Waals surface area contributed by atoms with Crippen LogP contribution in [0.5, 0.6) is 0 Å². The molecule has 0 unspecified atom stereocenters. The van der Waals surface area contributed by atoms with Gasteiger partial charge in [-0.05, 0) is 12.5 Å². The Morgan fingerprint density at radius 2 is 2.15 bits per heavy atom. The van der Waals surface area contributed by atoms with Crippen LogP contribution in [-0.4, -0.2) is 41.8 Å². The highest BCUT2D eigenvalue weighted by Crippen LogP contribution is 2.33. The van der Waals surface area contributed by atoms with Crippen LogP contribution in [0.1, 0.15) is 12.5 Å². The summed E-state index contributed by atoms with van der Waals surface area (Å²) >= 11 is 0. The van der Waals surface area contributed by atoms with E-state index in [-0.39, 0.29) is 18.7 Å². The summed E-state index contributed by atoms with van der Waals surface area (Å²) in [5.74, 6) is 0. The van der Waals surface area contributed by atoms with Crippen molar-refractivity contribution in [3.05, 3.63) is 35.9 Å². The third-order valence-electron chi connectivity index (χ3n) is 3.80. The highest BCUT2D eigenvalue weighted by atomic mass is 16.6. The molecule has 1 aromatic rings. The van der Waals surface area contributed by atoms with Gasteiger partial charge in [-0.25, -0.2) is 9.59 Å². The molecule has 1 N–H and O–H groups in total. The molecule has 2 amide bonds. The summed E-state index contributed by atoms with van der Waals surface area (Å²) in [4.78, 5) is 24.6. The molecule has 20 heavy (non-hydrogen) atoms. The van der Waals surface area contributed by atoms with Gasteiger partial charge in [0, 0.05) is 0 Å². The Morgan fingerprint density at radius 3 is 2.75 bits per heavy atom. The van der Waals surface area contributed by atoms with Crippen LogP contribution in [0.4, 0.5) is 9.59 Å². The Balaban J connectivity index is 1.50. The van der Waals surface area contributed by atoms with E-state index in [1.54, 1.807) is 4.90 Å². The predicted molar refractivity (Wildman–Crippen MR) is 70.0 cm³/mol. The number of nitrogens with one attached hydrogen (secondary N) is 1. The van der Waals surface area contributed by atoms with Crippen molar-refractivity contribution in [1.29, 1.82) is 0 Å². The van der Waals surface area contributed by atoms with Crippen LogP contribution < -0.4 is 5.32 Å². The van der Waals surface area contributed by atoms with Crippen molar-refractivity contribution in [3.8, 4) is 0 Å². The lowest BCUT2D eigenvalue weighted by molar-refractivity contribution is -0.0809. The SMILES string of the molecule is C[C@H]1NC(=O)OC12CN(C(=O)OCc1ccccc1)C2. The van der Waals surface area contributed by atoms with Crippen LogP contribution in [0, 0.1) is 0 Å². The quantitative estimate of drug-likeness (QED) is 0.889. The Hall–Kier alpha value is -2.24. The van der Waals surface area contributed by atoms with E-state index in [0.29, 0.717) is 13.1 Å². The van der Waals surface area contributed by atoms with Crippen molar-refractivity contribution in [2.45, 2.75) is 25.2 Å². The fraction of sp³-hybridized carbons (Fsp3) is 0.429. The zero-order valence-corrected chi connectivity index (χ0v) is 11.2. The Bertz CT molecular complexity index is 525. The number of benzene rings is 1. The average molecular weight is 276 g/mol. The van der Waals surface area contributed by atoms with E-state index in [9.17, 15) is 9.59 Å². The second-order valence-electron chi connectivity index (χ2n) is 5.22. The van der Waals surface area contributed by atoms with Crippen molar-refractivity contribution in [2.24, 2.45) is 0 Å². The van der Waals surface area contributed by atoms with Gasteiger partial charge in [-0.1, -0.05) is 30.3 Å². The molecule has 0 bridgehead atoms. The van der Waals surface area contributed by atoms with Crippen LogP contribution in [-0.2, 0) is 16.1 Å². The Labute approximate surface area is 116 Å². The number of ether oxygens (including phenoxy) is 2. The van der Waals surface area contributed by atoms with Gasteiger partial charge in [0.2, 0.25) is 0 Å². The molecule has 2 heterocycles. The largest absolute Gasteiger partial charge is 0.445 e. The summed E-state index contributed by atoms with van der Waals surface area (Å²) in [6, 6.07) is 9.41. The molecule has 0 radical (unpaired) electrons. The zero-order chi connectivity index (χ0) is 14.2. The van der Waals surface area contributed by atoms with E-state index in [4.69, 9.17) is 9.47 Å². The number of amides is 2. The van der Waals surface area contributed by atoms with Crippen molar-refractivity contribution in [2.75, 3.05) is 13.1 Å². The first-order valence-electron chi connectivity index (χ1n) is 6.54. The number of nitrogens with zero attached hydrogens (tertiary/aromatic N) is 1. The molecule has 1 aromatic carbocycles. The summed E-state index contributed by atoms with van der Waals surface area (Å²) in [6.07, 6.45) is -0.801. The van der Waals surface area contributed by atoms with E-state index >= 15 is 0 Å². The monoisotopic (exact) mass is 276 g/mol. The van der Waals surface area contributed by atoms with E-state index < -0.39 is 11.7 Å². The molecule has 6 heteroatoms. The van der Waals surface area contributed by atoms with Gasteiger partial charge < -0.3 is 14.8 Å². The summed E-state index contributed by atoms with van der Waals surface area (Å²) in [5.41, 5.74) is 0.362. The van der Waals surface area contributed by atoms with E-state index in [0.717, 1.165) is 5.56 Å². The molecule has 1 atom stereocenters. The maximum atomic E-state index is 11.9. The van der Waals surface area contributed by atoms with Gasteiger partial charge in [0.1, 0.15) is 6.61 Å². The first kappa shape index (κ1) is 12.8. The maximum absolute atomic E-state index is 11.9. The van der Waals surface area contributed by atoms with Gasteiger partial charge in [-0.3, -0.25) is 4.90 Å². The number of carbonyl (C=O) groups excluding carboxylic acids is 2. The standard InChI is InChI=1S/C14H16N2O4/c1-10-14(20-12(17)15-10)8-16(9-14)13(18)19-7-11-5-3-2-4-6-11/h2-6,10H,7-9H2,1H3,(H,15,17)/t10-/m1/s1. The number of alkyl carbamates (subject to hydrolysis) is 1. The normalized spacial score (nSPS) is 22.9. The number of hydrogen-bond donors (Lipinski definition) is 1. The zero-order valence-electron chi connectivity index (χ0n) is 11.2. The molecule has 2 aliphatic rings. The van der Waals surface area contributed by atoms with Gasteiger partial charge in [0.15, 0.2) is 5.60 Å². The average Bonchev–Trinajstić information content (AvgIpc) is 2.70. The molecule has 0 aliphatic carbocycles. The topological polar surface area (TPSA) is 67.9 Å². The van der Waals surface area contributed by atoms with Crippen LogP contribution in [0.25, 0.3) is 0 Å². The minimum atomic E-state index is -0.581. The molecule has 3 rings (SSSR count). The van der Waals surface area contributed by atoms with Crippen molar-refractivity contribution in [1.82, 2.24) is 10.2 Å². The summed E-state index contributed by atoms with van der Waals surface area (Å²) in [7, 11) is 0. The van der Waals surface area contributed by atoms with Crippen LogP contribution >= 0.6 is 0 Å². The molecule has 0 aromatic heterocycles. The summed E-state index contributed by atoms with van der Waals surface area (Å²) in [6.45, 7) is 2.87. The highest BCUT2D eigenvalue weighted by Gasteiger charge is 2.57. The fourth-order valence-electron chi connectivity index (χ4n) is 2.49. The number of likely N-dealkylation sites (tertiary alicyclic amines) is 1. The first-order chi connectivity index (χ1) is 9.59. The smallest absolute Gasteiger partial charge is 0.410 e. The number of rotatable bonds is 2. The molecule has 0 saturated carbocycles. The third kappa shape index (κ3) is 2.17. The molecule has 106 valence electrons. The fourth-order valence-corrected chi connectivity index (χ4v) is 2.49. The van der Waals surface area contributed by atoms with Gasteiger partial charge in [0.05, 0.1) is 19.1 Å². The van der Waals surface area contributed by atoms with E-state index in [1.807, 2.05) is 37.3 Å². The van der Waals surface area contributed by atoms with E-state index in [2.05, 4.69) is 5.32 Å². The van der Waals surface area contributed by atoms with Crippen molar-refractivity contribution in [3.63, 3.8) is 0 Å². The highest BCUT2D eigenvalue weighted by molar-refractivity contribution is 5.74. The Morgan fingerprint density at radius 1 is 1.45 bits per heavy atom. The van der Waals surface area contributed by atoms with Crippen molar-refractivity contribution < 1.29 is 19.1 Å². The predicted octanol–water partition coefficient (Wildman–Crippen LogP) is 1.51. The molecule has 2 saturated heterocycles.